The van der Waals surface area contributed by atoms with Gasteiger partial charge in [-0.25, -0.2) is 4.98 Å². The standard InChI is InChI=1S/C14H12BrNO2/c1-9-10(5-3-6-11(9)15)14(17)13-12(18-2)7-4-8-16-13/h3-8H,1-2H3. The van der Waals surface area contributed by atoms with Crippen LogP contribution in [0.2, 0.25) is 0 Å². The van der Waals surface area contributed by atoms with Gasteiger partial charge >= 0.3 is 0 Å². The first-order chi connectivity index (χ1) is 8.65. The Morgan fingerprint density at radius 1 is 1.28 bits per heavy atom. The van der Waals surface area contributed by atoms with Gasteiger partial charge in [-0.3, -0.25) is 4.79 Å². The summed E-state index contributed by atoms with van der Waals surface area (Å²) in [5.74, 6) is 0.355. The van der Waals surface area contributed by atoms with Gasteiger partial charge in [-0.15, -0.1) is 0 Å². The van der Waals surface area contributed by atoms with Crippen LogP contribution in [0.4, 0.5) is 0 Å². The molecule has 0 saturated carbocycles. The lowest BCUT2D eigenvalue weighted by Gasteiger charge is -2.09. The molecule has 0 amide bonds. The number of methoxy groups -OCH3 is 1. The first kappa shape index (κ1) is 12.8. The Kier molecular flexibility index (Phi) is 3.77. The van der Waals surface area contributed by atoms with E-state index < -0.39 is 0 Å². The largest absolute Gasteiger partial charge is 0.494 e. The van der Waals surface area contributed by atoms with Crippen molar-refractivity contribution < 1.29 is 9.53 Å². The molecule has 0 atom stereocenters. The number of hydrogen-bond donors (Lipinski definition) is 0. The minimum absolute atomic E-state index is 0.133. The van der Waals surface area contributed by atoms with E-state index in [1.54, 1.807) is 24.4 Å². The lowest BCUT2D eigenvalue weighted by atomic mass is 10.0. The van der Waals surface area contributed by atoms with Crippen LogP contribution in [0.25, 0.3) is 0 Å². The number of aromatic nitrogens is 1. The summed E-state index contributed by atoms with van der Waals surface area (Å²) in [5.41, 5.74) is 1.86. The second-order valence-corrected chi connectivity index (χ2v) is 4.65. The molecule has 1 aromatic carbocycles. The van der Waals surface area contributed by atoms with E-state index in [1.165, 1.54) is 7.11 Å². The minimum atomic E-state index is -0.133. The van der Waals surface area contributed by atoms with Crippen LogP contribution in [0.5, 0.6) is 5.75 Å². The van der Waals surface area contributed by atoms with Crippen molar-refractivity contribution in [3.05, 3.63) is 57.8 Å². The monoisotopic (exact) mass is 305 g/mol. The predicted octanol–water partition coefficient (Wildman–Crippen LogP) is 3.39. The smallest absolute Gasteiger partial charge is 0.215 e. The lowest BCUT2D eigenvalue weighted by Crippen LogP contribution is -2.08. The molecule has 0 aliphatic heterocycles. The van der Waals surface area contributed by atoms with Crippen LogP contribution in [-0.2, 0) is 0 Å². The maximum Gasteiger partial charge on any atom is 0.215 e. The molecule has 1 aromatic heterocycles. The van der Waals surface area contributed by atoms with E-state index in [-0.39, 0.29) is 5.78 Å². The van der Waals surface area contributed by atoms with Crippen LogP contribution in [0.1, 0.15) is 21.6 Å². The van der Waals surface area contributed by atoms with Crippen molar-refractivity contribution in [3.8, 4) is 5.75 Å². The van der Waals surface area contributed by atoms with Gasteiger partial charge in [0.25, 0.3) is 0 Å². The molecule has 0 unspecified atom stereocenters. The van der Waals surface area contributed by atoms with Gasteiger partial charge in [-0.05, 0) is 30.7 Å². The fourth-order valence-corrected chi connectivity index (χ4v) is 2.07. The van der Waals surface area contributed by atoms with E-state index in [9.17, 15) is 4.79 Å². The SMILES string of the molecule is COc1cccnc1C(=O)c1cccc(Br)c1C. The Morgan fingerprint density at radius 3 is 2.78 bits per heavy atom. The third-order valence-electron chi connectivity index (χ3n) is 2.72. The van der Waals surface area contributed by atoms with E-state index in [4.69, 9.17) is 4.74 Å². The number of benzene rings is 1. The molecule has 0 N–H and O–H groups in total. The van der Waals surface area contributed by atoms with Gasteiger partial charge in [0.2, 0.25) is 5.78 Å². The fourth-order valence-electron chi connectivity index (χ4n) is 1.71. The molecule has 1 heterocycles. The normalized spacial score (nSPS) is 10.2. The highest BCUT2D eigenvalue weighted by Gasteiger charge is 2.18. The molecule has 0 radical (unpaired) electrons. The predicted molar refractivity (Wildman–Crippen MR) is 73.1 cm³/mol. The summed E-state index contributed by atoms with van der Waals surface area (Å²) >= 11 is 3.42. The van der Waals surface area contributed by atoms with Crippen LogP contribution < -0.4 is 4.74 Å². The van der Waals surface area contributed by atoms with Crippen LogP contribution in [0, 0.1) is 6.92 Å². The quantitative estimate of drug-likeness (QED) is 0.816. The van der Waals surface area contributed by atoms with Crippen molar-refractivity contribution in [2.75, 3.05) is 7.11 Å². The second kappa shape index (κ2) is 5.31. The molecule has 92 valence electrons. The molecular weight excluding hydrogens is 294 g/mol. The first-order valence-corrected chi connectivity index (χ1v) is 6.23. The van der Waals surface area contributed by atoms with Crippen molar-refractivity contribution in [1.82, 2.24) is 4.98 Å². The van der Waals surface area contributed by atoms with Crippen molar-refractivity contribution >= 4 is 21.7 Å². The molecule has 0 spiro atoms. The summed E-state index contributed by atoms with van der Waals surface area (Å²) < 4.78 is 6.07. The van der Waals surface area contributed by atoms with Crippen molar-refractivity contribution in [2.24, 2.45) is 0 Å². The van der Waals surface area contributed by atoms with Crippen molar-refractivity contribution in [3.63, 3.8) is 0 Å². The van der Waals surface area contributed by atoms with Crippen LogP contribution in [0.3, 0.4) is 0 Å². The highest BCUT2D eigenvalue weighted by atomic mass is 79.9. The van der Waals surface area contributed by atoms with Gasteiger partial charge in [0.15, 0.2) is 5.69 Å². The number of pyridine rings is 1. The number of ketones is 1. The molecule has 0 aliphatic rings. The van der Waals surface area contributed by atoms with Gasteiger partial charge in [0.1, 0.15) is 5.75 Å². The maximum atomic E-state index is 12.4. The number of halogens is 1. The zero-order chi connectivity index (χ0) is 13.1. The molecule has 2 rings (SSSR count). The second-order valence-electron chi connectivity index (χ2n) is 3.80. The Hall–Kier alpha value is -1.68. The van der Waals surface area contributed by atoms with Gasteiger partial charge in [-0.1, -0.05) is 28.1 Å². The van der Waals surface area contributed by atoms with Gasteiger partial charge in [0, 0.05) is 16.2 Å². The summed E-state index contributed by atoms with van der Waals surface area (Å²) in [5, 5.41) is 0. The first-order valence-electron chi connectivity index (χ1n) is 5.44. The topological polar surface area (TPSA) is 39.2 Å². The van der Waals surface area contributed by atoms with Gasteiger partial charge < -0.3 is 4.74 Å². The van der Waals surface area contributed by atoms with Crippen molar-refractivity contribution in [1.29, 1.82) is 0 Å². The van der Waals surface area contributed by atoms with E-state index in [1.807, 2.05) is 19.1 Å². The molecule has 4 heteroatoms. The highest BCUT2D eigenvalue weighted by molar-refractivity contribution is 9.10. The molecule has 0 saturated heterocycles. The fraction of sp³-hybridized carbons (Fsp3) is 0.143. The maximum absolute atomic E-state index is 12.4. The summed E-state index contributed by atoms with van der Waals surface area (Å²) in [7, 11) is 1.53. The Bertz CT molecular complexity index is 596. The number of ether oxygens (including phenoxy) is 1. The average Bonchev–Trinajstić information content (AvgIpc) is 2.41. The van der Waals surface area contributed by atoms with E-state index in [0.717, 1.165) is 10.0 Å². The zero-order valence-electron chi connectivity index (χ0n) is 10.1. The lowest BCUT2D eigenvalue weighted by molar-refractivity contribution is 0.103. The third-order valence-corrected chi connectivity index (χ3v) is 3.58. The summed E-state index contributed by atoms with van der Waals surface area (Å²) in [4.78, 5) is 16.5. The van der Waals surface area contributed by atoms with Crippen LogP contribution >= 0.6 is 15.9 Å². The van der Waals surface area contributed by atoms with Gasteiger partial charge in [-0.2, -0.15) is 0 Å². The molecule has 3 nitrogen and oxygen atoms in total. The Labute approximate surface area is 114 Å². The summed E-state index contributed by atoms with van der Waals surface area (Å²) in [6, 6.07) is 9.00. The van der Waals surface area contributed by atoms with Crippen molar-refractivity contribution in [2.45, 2.75) is 6.92 Å². The molecule has 18 heavy (non-hydrogen) atoms. The highest BCUT2D eigenvalue weighted by Crippen LogP contribution is 2.24. The number of rotatable bonds is 3. The molecule has 0 aliphatic carbocycles. The number of carbonyl (C=O) groups excluding carboxylic acids is 1. The Balaban J connectivity index is 2.52. The molecule has 0 fully saturated rings. The third kappa shape index (κ3) is 2.29. The zero-order valence-corrected chi connectivity index (χ0v) is 11.7. The minimum Gasteiger partial charge on any atom is -0.494 e. The van der Waals surface area contributed by atoms with Crippen LogP contribution in [0.15, 0.2) is 41.0 Å². The number of carbonyl (C=O) groups is 1. The molecule has 2 aromatic rings. The van der Waals surface area contributed by atoms with E-state index in [2.05, 4.69) is 20.9 Å². The van der Waals surface area contributed by atoms with E-state index >= 15 is 0 Å². The number of nitrogens with zero attached hydrogens (tertiary/aromatic N) is 1. The molecular formula is C14H12BrNO2. The average molecular weight is 306 g/mol. The molecule has 0 bridgehead atoms. The van der Waals surface area contributed by atoms with Gasteiger partial charge in [0.05, 0.1) is 7.11 Å². The summed E-state index contributed by atoms with van der Waals surface area (Å²) in [6.45, 7) is 1.90. The summed E-state index contributed by atoms with van der Waals surface area (Å²) in [6.07, 6.45) is 1.59. The van der Waals surface area contributed by atoms with E-state index in [0.29, 0.717) is 17.0 Å². The number of hydrogen-bond acceptors (Lipinski definition) is 3. The Morgan fingerprint density at radius 2 is 2.06 bits per heavy atom. The van der Waals surface area contributed by atoms with Crippen LogP contribution in [-0.4, -0.2) is 17.9 Å².